The highest BCUT2D eigenvalue weighted by Crippen LogP contribution is 2.10. The van der Waals surface area contributed by atoms with Crippen molar-refractivity contribution in [2.75, 3.05) is 26.7 Å². The number of hydrogen-bond acceptors (Lipinski definition) is 4. The lowest BCUT2D eigenvalue weighted by Crippen LogP contribution is -2.43. The molecule has 20 heavy (non-hydrogen) atoms. The van der Waals surface area contributed by atoms with Gasteiger partial charge in [-0.25, -0.2) is 0 Å². The summed E-state index contributed by atoms with van der Waals surface area (Å²) in [6.45, 7) is 2.30. The lowest BCUT2D eigenvalue weighted by Gasteiger charge is -2.20. The molecule has 0 aliphatic carbocycles. The minimum Gasteiger partial charge on any atom is -0.356 e. The highest BCUT2D eigenvalue weighted by molar-refractivity contribution is 5.85. The fourth-order valence-electron chi connectivity index (χ4n) is 2.06. The van der Waals surface area contributed by atoms with E-state index in [1.807, 2.05) is 4.90 Å². The van der Waals surface area contributed by atoms with Crippen LogP contribution in [0.15, 0.2) is 4.99 Å². The van der Waals surface area contributed by atoms with Gasteiger partial charge in [-0.3, -0.25) is 15.1 Å². The molecule has 1 aliphatic heterocycles. The normalized spacial score (nSPS) is 16.1. The van der Waals surface area contributed by atoms with E-state index in [0.717, 1.165) is 32.4 Å². The molecule has 1 amide bonds. The van der Waals surface area contributed by atoms with Crippen LogP contribution in [0.1, 0.15) is 25.7 Å². The van der Waals surface area contributed by atoms with Crippen LogP contribution in [0.5, 0.6) is 0 Å². The van der Waals surface area contributed by atoms with Gasteiger partial charge >= 0.3 is 0 Å². The van der Waals surface area contributed by atoms with Gasteiger partial charge in [0.1, 0.15) is 0 Å². The van der Waals surface area contributed by atoms with Crippen molar-refractivity contribution in [2.24, 2.45) is 10.7 Å². The summed E-state index contributed by atoms with van der Waals surface area (Å²) in [7, 11) is 1.59. The second-order valence-corrected chi connectivity index (χ2v) is 4.52. The standard InChI is InChI=1S/C12H22N6O.ClH/c1-15-12(17-9-13)16-6-4-5-10(14)11(19)18-7-2-3-8-18;/h10H,2-8,14H2,1H3,(H2,15,16,17);1H/t10-;/m0./s1. The van der Waals surface area contributed by atoms with E-state index in [2.05, 4.69) is 15.6 Å². The van der Waals surface area contributed by atoms with Crippen LogP contribution in [-0.4, -0.2) is 49.5 Å². The Morgan fingerprint density at radius 1 is 1.50 bits per heavy atom. The predicted octanol–water partition coefficient (Wildman–Crippen LogP) is -0.216. The first-order valence-corrected chi connectivity index (χ1v) is 6.59. The number of guanidine groups is 1. The number of nitrogens with zero attached hydrogens (tertiary/aromatic N) is 3. The molecule has 0 aromatic heterocycles. The Kier molecular flexibility index (Phi) is 9.51. The van der Waals surface area contributed by atoms with Crippen molar-refractivity contribution in [3.63, 3.8) is 0 Å². The van der Waals surface area contributed by atoms with Crippen molar-refractivity contribution in [3.8, 4) is 6.19 Å². The van der Waals surface area contributed by atoms with E-state index in [-0.39, 0.29) is 18.3 Å². The summed E-state index contributed by atoms with van der Waals surface area (Å²) < 4.78 is 0. The smallest absolute Gasteiger partial charge is 0.239 e. The van der Waals surface area contributed by atoms with Crippen LogP contribution in [0.4, 0.5) is 0 Å². The van der Waals surface area contributed by atoms with E-state index < -0.39 is 6.04 Å². The molecule has 7 nitrogen and oxygen atoms in total. The molecule has 4 N–H and O–H groups in total. The van der Waals surface area contributed by atoms with Crippen LogP contribution in [-0.2, 0) is 4.79 Å². The van der Waals surface area contributed by atoms with Crippen LogP contribution in [0, 0.1) is 11.5 Å². The summed E-state index contributed by atoms with van der Waals surface area (Å²) in [5, 5.41) is 13.9. The zero-order chi connectivity index (χ0) is 14.1. The molecule has 0 bridgehead atoms. The van der Waals surface area contributed by atoms with Crippen LogP contribution in [0.3, 0.4) is 0 Å². The Morgan fingerprint density at radius 3 is 2.70 bits per heavy atom. The third kappa shape index (κ3) is 6.08. The summed E-state index contributed by atoms with van der Waals surface area (Å²) in [4.78, 5) is 17.6. The third-order valence-electron chi connectivity index (χ3n) is 3.12. The average Bonchev–Trinajstić information content (AvgIpc) is 2.95. The van der Waals surface area contributed by atoms with E-state index in [1.54, 1.807) is 13.2 Å². The van der Waals surface area contributed by atoms with Gasteiger partial charge in [-0.15, -0.1) is 12.4 Å². The molecular formula is C12H23ClN6O. The number of nitrogens with two attached hydrogens (primary N) is 1. The first-order chi connectivity index (χ1) is 9.19. The maximum atomic E-state index is 11.9. The van der Waals surface area contributed by atoms with Gasteiger partial charge in [0.05, 0.1) is 6.04 Å². The van der Waals surface area contributed by atoms with Gasteiger partial charge in [0.2, 0.25) is 11.9 Å². The zero-order valence-corrected chi connectivity index (χ0v) is 12.6. The Hall–Kier alpha value is -1.52. The molecule has 1 aliphatic rings. The lowest BCUT2D eigenvalue weighted by atomic mass is 10.1. The maximum absolute atomic E-state index is 11.9. The summed E-state index contributed by atoms with van der Waals surface area (Å²) in [6, 6.07) is -0.425. The fraction of sp³-hybridized carbons (Fsp3) is 0.750. The molecule has 1 rings (SSSR count). The molecule has 0 unspecified atom stereocenters. The number of carbonyl (C=O) groups excluding carboxylic acids is 1. The number of halogens is 1. The zero-order valence-electron chi connectivity index (χ0n) is 11.8. The van der Waals surface area contributed by atoms with Gasteiger partial charge in [-0.1, -0.05) is 0 Å². The highest BCUT2D eigenvalue weighted by Gasteiger charge is 2.22. The molecule has 1 fully saturated rings. The number of likely N-dealkylation sites (tertiary alicyclic amines) is 1. The van der Waals surface area contributed by atoms with E-state index in [9.17, 15) is 4.79 Å². The van der Waals surface area contributed by atoms with E-state index in [1.165, 1.54) is 0 Å². The second kappa shape index (κ2) is 10.3. The Labute approximate surface area is 126 Å². The SMILES string of the molecule is CN=C(NC#N)NCCC[C@H](N)C(=O)N1CCCC1.Cl. The Morgan fingerprint density at radius 2 is 2.15 bits per heavy atom. The Bertz CT molecular complexity index is 361. The van der Waals surface area contributed by atoms with Gasteiger partial charge in [0, 0.05) is 26.7 Å². The van der Waals surface area contributed by atoms with E-state index in [4.69, 9.17) is 11.0 Å². The molecule has 8 heteroatoms. The first kappa shape index (κ1) is 18.5. The second-order valence-electron chi connectivity index (χ2n) is 4.52. The number of nitriles is 1. The summed E-state index contributed by atoms with van der Waals surface area (Å²) in [5.41, 5.74) is 5.89. The Balaban J connectivity index is 0.00000361. The molecule has 0 aromatic rings. The van der Waals surface area contributed by atoms with Crippen LogP contribution in [0.2, 0.25) is 0 Å². The van der Waals surface area contributed by atoms with Crippen molar-refractivity contribution < 1.29 is 4.79 Å². The topological polar surface area (TPSA) is 107 Å². The lowest BCUT2D eigenvalue weighted by molar-refractivity contribution is -0.131. The number of rotatable bonds is 5. The van der Waals surface area contributed by atoms with Gasteiger partial charge in [0.15, 0.2) is 6.19 Å². The van der Waals surface area contributed by atoms with Crippen molar-refractivity contribution in [1.29, 1.82) is 5.26 Å². The number of hydrogen-bond donors (Lipinski definition) is 3. The molecule has 1 saturated heterocycles. The molecule has 0 aromatic carbocycles. The van der Waals surface area contributed by atoms with Gasteiger partial charge in [-0.05, 0) is 25.7 Å². The quantitative estimate of drug-likeness (QED) is 0.214. The summed E-state index contributed by atoms with van der Waals surface area (Å²) >= 11 is 0. The number of nitrogens with one attached hydrogen (secondary N) is 2. The molecule has 0 spiro atoms. The van der Waals surface area contributed by atoms with Gasteiger partial charge in [-0.2, -0.15) is 5.26 Å². The van der Waals surface area contributed by atoms with E-state index >= 15 is 0 Å². The van der Waals surface area contributed by atoms with Crippen molar-refractivity contribution in [2.45, 2.75) is 31.7 Å². The van der Waals surface area contributed by atoms with Crippen molar-refractivity contribution >= 4 is 24.3 Å². The third-order valence-corrected chi connectivity index (χ3v) is 3.12. The number of aliphatic imine (C=N–C) groups is 1. The highest BCUT2D eigenvalue weighted by atomic mass is 35.5. The molecule has 1 atom stereocenters. The van der Waals surface area contributed by atoms with Crippen LogP contribution in [0.25, 0.3) is 0 Å². The monoisotopic (exact) mass is 302 g/mol. The summed E-state index contributed by atoms with van der Waals surface area (Å²) in [6.07, 6.45) is 5.34. The number of carbonyl (C=O) groups is 1. The predicted molar refractivity (Wildman–Crippen MR) is 80.4 cm³/mol. The van der Waals surface area contributed by atoms with Gasteiger partial charge in [0.25, 0.3) is 0 Å². The van der Waals surface area contributed by atoms with Gasteiger partial charge < -0.3 is 16.0 Å². The minimum absolute atomic E-state index is 0. The fourth-order valence-corrected chi connectivity index (χ4v) is 2.06. The first-order valence-electron chi connectivity index (χ1n) is 6.59. The number of amides is 1. The van der Waals surface area contributed by atoms with Crippen LogP contribution < -0.4 is 16.4 Å². The molecule has 1 heterocycles. The largest absolute Gasteiger partial charge is 0.356 e. The average molecular weight is 303 g/mol. The van der Waals surface area contributed by atoms with Crippen molar-refractivity contribution in [3.05, 3.63) is 0 Å². The molecule has 0 radical (unpaired) electrons. The summed E-state index contributed by atoms with van der Waals surface area (Å²) in [5.74, 6) is 0.485. The van der Waals surface area contributed by atoms with Crippen LogP contribution >= 0.6 is 12.4 Å². The molecular weight excluding hydrogens is 280 g/mol. The molecule has 114 valence electrons. The van der Waals surface area contributed by atoms with Crippen molar-refractivity contribution in [1.82, 2.24) is 15.5 Å². The maximum Gasteiger partial charge on any atom is 0.239 e. The molecule has 0 saturated carbocycles. The minimum atomic E-state index is -0.425. The van der Waals surface area contributed by atoms with E-state index in [0.29, 0.717) is 18.9 Å².